The summed E-state index contributed by atoms with van der Waals surface area (Å²) in [5.41, 5.74) is 15.6. The Balaban J connectivity index is 1.06. The van der Waals surface area contributed by atoms with Gasteiger partial charge >= 0.3 is 0 Å². The van der Waals surface area contributed by atoms with Crippen molar-refractivity contribution in [3.05, 3.63) is 59.2 Å². The number of aromatic nitrogens is 2. The molecule has 13 heteroatoms. The predicted octanol–water partition coefficient (Wildman–Crippen LogP) is 3.72. The van der Waals surface area contributed by atoms with Crippen molar-refractivity contribution in [3.63, 3.8) is 0 Å². The van der Waals surface area contributed by atoms with Crippen molar-refractivity contribution < 1.29 is 9.59 Å². The summed E-state index contributed by atoms with van der Waals surface area (Å²) in [6.45, 7) is 7.88. The van der Waals surface area contributed by atoms with Crippen LogP contribution in [-0.2, 0) is 16.1 Å². The zero-order valence-electron chi connectivity index (χ0n) is 25.5. The molecular weight excluding hydrogens is 610 g/mol. The fourth-order valence-electron chi connectivity index (χ4n) is 5.99. The zero-order valence-corrected chi connectivity index (χ0v) is 27.0. The number of imide groups is 1. The van der Waals surface area contributed by atoms with Gasteiger partial charge < -0.3 is 26.6 Å². The first-order valence-electron chi connectivity index (χ1n) is 15.4. The minimum Gasteiger partial charge on any atom is -0.381 e. The number of rotatable bonds is 8. The van der Waals surface area contributed by atoms with Crippen LogP contribution in [0.25, 0.3) is 0 Å². The van der Waals surface area contributed by atoms with Gasteiger partial charge in [-0.15, -0.1) is 0 Å². The molecule has 3 aliphatic heterocycles. The highest BCUT2D eigenvalue weighted by atomic mass is 35.5. The Morgan fingerprint density at radius 2 is 1.80 bits per heavy atom. The lowest BCUT2D eigenvalue weighted by molar-refractivity contribution is -0.133. The molecule has 0 aliphatic carbocycles. The van der Waals surface area contributed by atoms with Crippen LogP contribution in [0.15, 0.2) is 58.6 Å². The number of nitrogens with two attached hydrogens (primary N) is 2. The number of piperazine rings is 1. The molecule has 6 N–H and O–H groups in total. The van der Waals surface area contributed by atoms with E-state index in [4.69, 9.17) is 23.1 Å². The van der Waals surface area contributed by atoms with E-state index in [-0.39, 0.29) is 17.4 Å². The second kappa shape index (κ2) is 13.4. The van der Waals surface area contributed by atoms with Crippen LogP contribution in [0.2, 0.25) is 5.02 Å². The maximum Gasteiger partial charge on any atom is 0.249 e. The number of carbonyl (C=O) groups is 2. The van der Waals surface area contributed by atoms with E-state index in [1.54, 1.807) is 6.20 Å². The number of carbonyl (C=O) groups excluding carboxylic acids is 2. The van der Waals surface area contributed by atoms with Crippen LogP contribution >= 0.6 is 23.4 Å². The van der Waals surface area contributed by atoms with E-state index in [9.17, 15) is 9.59 Å². The average Bonchev–Trinajstić information content (AvgIpc) is 3.02. The van der Waals surface area contributed by atoms with Crippen LogP contribution in [0.4, 0.5) is 23.0 Å². The highest BCUT2D eigenvalue weighted by molar-refractivity contribution is 7.99. The molecule has 2 aromatic carbocycles. The Bertz CT molecular complexity index is 1550. The Morgan fingerprint density at radius 1 is 1.04 bits per heavy atom. The van der Waals surface area contributed by atoms with Gasteiger partial charge in [-0.05, 0) is 49.9 Å². The van der Waals surface area contributed by atoms with Crippen molar-refractivity contribution >= 4 is 58.2 Å². The zero-order chi connectivity index (χ0) is 31.6. The van der Waals surface area contributed by atoms with Crippen molar-refractivity contribution in [2.24, 2.45) is 5.73 Å². The Labute approximate surface area is 273 Å². The normalized spacial score (nSPS) is 20.6. The van der Waals surface area contributed by atoms with Crippen LogP contribution in [-0.4, -0.2) is 77.5 Å². The third kappa shape index (κ3) is 7.46. The summed E-state index contributed by atoms with van der Waals surface area (Å²) in [7, 11) is 0. The van der Waals surface area contributed by atoms with E-state index >= 15 is 0 Å². The number of piperidine rings is 2. The molecular formula is C32H40ClN9O2S. The van der Waals surface area contributed by atoms with Gasteiger partial charge in [0.15, 0.2) is 5.82 Å². The molecule has 3 fully saturated rings. The number of halogens is 1. The SMILES string of the molecule is CC1(N)CCN(c2cnc(Sc3cccc(N4CCN(Cc5ccccc5NC5CCC(=O)NC5=O)CC4)c3Cl)c(N)n2)CC1. The summed E-state index contributed by atoms with van der Waals surface area (Å²) in [5.74, 6) is 0.686. The Kier molecular flexibility index (Phi) is 9.36. The lowest BCUT2D eigenvalue weighted by Crippen LogP contribution is -2.48. The molecule has 6 rings (SSSR count). The summed E-state index contributed by atoms with van der Waals surface area (Å²) in [5, 5.41) is 7.09. The third-order valence-electron chi connectivity index (χ3n) is 8.82. The summed E-state index contributed by atoms with van der Waals surface area (Å²) in [6, 6.07) is 13.7. The van der Waals surface area contributed by atoms with E-state index in [0.29, 0.717) is 28.7 Å². The van der Waals surface area contributed by atoms with Crippen LogP contribution in [0.5, 0.6) is 0 Å². The molecule has 2 amide bonds. The van der Waals surface area contributed by atoms with Crippen LogP contribution in [0, 0.1) is 0 Å². The number of nitrogens with zero attached hydrogens (tertiary/aromatic N) is 5. The smallest absolute Gasteiger partial charge is 0.249 e. The van der Waals surface area contributed by atoms with Gasteiger partial charge in [-0.25, -0.2) is 9.97 Å². The molecule has 0 saturated carbocycles. The fourth-order valence-corrected chi connectivity index (χ4v) is 7.16. The molecule has 1 unspecified atom stereocenters. The van der Waals surface area contributed by atoms with Crippen molar-refractivity contribution in [1.82, 2.24) is 20.2 Å². The quantitative estimate of drug-likeness (QED) is 0.265. The Hall–Kier alpha value is -3.58. The van der Waals surface area contributed by atoms with Gasteiger partial charge in [-0.3, -0.25) is 19.8 Å². The fraction of sp³-hybridized carbons (Fsp3) is 0.438. The third-order valence-corrected chi connectivity index (χ3v) is 10.4. The molecule has 3 aliphatic rings. The standard InChI is InChI=1S/C32H40ClN9O2S/c1-32(35)11-13-42(14-12-32)26-19-36-31(29(34)38-26)45-25-8-4-7-24(28(25)33)41-17-15-40(16-18-41)20-21-5-2-3-6-22(21)37-23-9-10-27(43)39-30(23)44/h2-8,19,23,37H,9-18,20,35H2,1H3,(H2,34,38)(H,39,43,44). The molecule has 1 atom stereocenters. The summed E-state index contributed by atoms with van der Waals surface area (Å²) in [6.07, 6.45) is 4.42. The molecule has 0 spiro atoms. The van der Waals surface area contributed by atoms with E-state index in [2.05, 4.69) is 54.4 Å². The number of benzene rings is 2. The number of amides is 2. The van der Waals surface area contributed by atoms with E-state index in [1.165, 1.54) is 11.8 Å². The number of para-hydroxylation sites is 1. The largest absolute Gasteiger partial charge is 0.381 e. The van der Waals surface area contributed by atoms with Gasteiger partial charge in [-0.2, -0.15) is 0 Å². The topological polar surface area (TPSA) is 146 Å². The maximum atomic E-state index is 12.3. The van der Waals surface area contributed by atoms with Crippen LogP contribution in [0.1, 0.15) is 38.2 Å². The second-order valence-electron chi connectivity index (χ2n) is 12.3. The first-order valence-corrected chi connectivity index (χ1v) is 16.6. The highest BCUT2D eigenvalue weighted by Crippen LogP contribution is 2.40. The van der Waals surface area contributed by atoms with E-state index < -0.39 is 6.04 Å². The second-order valence-corrected chi connectivity index (χ2v) is 13.7. The van der Waals surface area contributed by atoms with Crippen molar-refractivity contribution in [2.75, 3.05) is 60.1 Å². The minimum absolute atomic E-state index is 0.137. The van der Waals surface area contributed by atoms with Crippen molar-refractivity contribution in [3.8, 4) is 0 Å². The summed E-state index contributed by atoms with van der Waals surface area (Å²) in [4.78, 5) is 40.9. The number of hydrogen-bond donors (Lipinski definition) is 4. The summed E-state index contributed by atoms with van der Waals surface area (Å²) >= 11 is 8.41. The molecule has 45 heavy (non-hydrogen) atoms. The molecule has 4 heterocycles. The van der Waals surface area contributed by atoms with Gasteiger partial charge in [0.05, 0.1) is 16.9 Å². The first-order chi connectivity index (χ1) is 21.6. The lowest BCUT2D eigenvalue weighted by atomic mass is 9.91. The van der Waals surface area contributed by atoms with Gasteiger partial charge in [0.25, 0.3) is 0 Å². The van der Waals surface area contributed by atoms with Crippen molar-refractivity contribution in [1.29, 1.82) is 0 Å². The van der Waals surface area contributed by atoms with Crippen LogP contribution < -0.4 is 31.9 Å². The monoisotopic (exact) mass is 649 g/mol. The van der Waals surface area contributed by atoms with Gasteiger partial charge in [0.2, 0.25) is 11.8 Å². The van der Waals surface area contributed by atoms with E-state index in [0.717, 1.165) is 86.3 Å². The number of hydrogen-bond acceptors (Lipinski definition) is 11. The minimum atomic E-state index is -0.412. The average molecular weight is 650 g/mol. The highest BCUT2D eigenvalue weighted by Gasteiger charge is 2.29. The molecule has 0 radical (unpaired) electrons. The summed E-state index contributed by atoms with van der Waals surface area (Å²) < 4.78 is 0. The van der Waals surface area contributed by atoms with Crippen molar-refractivity contribution in [2.45, 2.75) is 60.7 Å². The van der Waals surface area contributed by atoms with Gasteiger partial charge in [0.1, 0.15) is 16.9 Å². The van der Waals surface area contributed by atoms with E-state index in [1.807, 2.05) is 30.3 Å². The first kappa shape index (κ1) is 31.4. The predicted molar refractivity (Wildman–Crippen MR) is 180 cm³/mol. The van der Waals surface area contributed by atoms with Gasteiger partial charge in [-0.1, -0.05) is 47.6 Å². The molecule has 1 aromatic heterocycles. The molecule has 0 bridgehead atoms. The van der Waals surface area contributed by atoms with Gasteiger partial charge in [0, 0.05) is 68.4 Å². The number of nitrogen functional groups attached to an aromatic ring is 1. The van der Waals surface area contributed by atoms with Crippen LogP contribution in [0.3, 0.4) is 0 Å². The number of nitrogens with one attached hydrogen (secondary N) is 2. The molecule has 238 valence electrons. The molecule has 3 aromatic rings. The Morgan fingerprint density at radius 3 is 2.53 bits per heavy atom. The lowest BCUT2D eigenvalue weighted by Gasteiger charge is -2.37. The molecule has 3 saturated heterocycles. The number of anilines is 4. The maximum absolute atomic E-state index is 12.3. The molecule has 11 nitrogen and oxygen atoms in total.